The highest BCUT2D eigenvalue weighted by molar-refractivity contribution is 9.10. The number of benzene rings is 1. The molecule has 102 valence electrons. The molecular weight excluding hydrogens is 325 g/mol. The first-order chi connectivity index (χ1) is 8.78. The maximum Gasteiger partial charge on any atom is 0.573 e. The van der Waals surface area contributed by atoms with Gasteiger partial charge < -0.3 is 4.74 Å². The Morgan fingerprint density at radius 1 is 1.16 bits per heavy atom. The van der Waals surface area contributed by atoms with E-state index in [2.05, 4.69) is 25.8 Å². The van der Waals surface area contributed by atoms with Gasteiger partial charge in [-0.3, -0.25) is 0 Å². The lowest BCUT2D eigenvalue weighted by atomic mass is 10.2. The smallest absolute Gasteiger partial charge is 0.401 e. The molecule has 0 aliphatic rings. The molecule has 3 nitrogen and oxygen atoms in total. The van der Waals surface area contributed by atoms with E-state index in [-0.39, 0.29) is 16.0 Å². The van der Waals surface area contributed by atoms with Crippen LogP contribution in [0.4, 0.5) is 13.2 Å². The number of nitrogens with zero attached hydrogens (tertiary/aromatic N) is 2. The van der Waals surface area contributed by atoms with Crippen LogP contribution in [0.5, 0.6) is 5.75 Å². The summed E-state index contributed by atoms with van der Waals surface area (Å²) >= 11 is 2.98. The first kappa shape index (κ1) is 13.9. The van der Waals surface area contributed by atoms with E-state index in [0.717, 1.165) is 5.56 Å². The van der Waals surface area contributed by atoms with Crippen molar-refractivity contribution < 1.29 is 17.9 Å². The summed E-state index contributed by atoms with van der Waals surface area (Å²) in [5.74, 6) is -0.326. The van der Waals surface area contributed by atoms with Gasteiger partial charge in [-0.1, -0.05) is 17.7 Å². The molecule has 0 saturated carbocycles. The molecule has 0 amide bonds. The minimum atomic E-state index is -4.74. The van der Waals surface area contributed by atoms with E-state index >= 15 is 0 Å². The van der Waals surface area contributed by atoms with Crippen LogP contribution in [0, 0.1) is 13.8 Å². The van der Waals surface area contributed by atoms with E-state index in [4.69, 9.17) is 0 Å². The van der Waals surface area contributed by atoms with Gasteiger partial charge in [-0.25, -0.2) is 4.68 Å². The van der Waals surface area contributed by atoms with Crippen LogP contribution >= 0.6 is 15.9 Å². The summed E-state index contributed by atoms with van der Waals surface area (Å²) in [7, 11) is 0. The van der Waals surface area contributed by atoms with Gasteiger partial charge in [-0.15, -0.1) is 13.2 Å². The first-order valence-corrected chi connectivity index (χ1v) is 6.15. The van der Waals surface area contributed by atoms with Crippen LogP contribution < -0.4 is 4.74 Å². The molecule has 0 unspecified atom stereocenters. The van der Waals surface area contributed by atoms with Crippen LogP contribution in [0.15, 0.2) is 28.9 Å². The van der Waals surface area contributed by atoms with E-state index in [1.165, 1.54) is 11.6 Å². The summed E-state index contributed by atoms with van der Waals surface area (Å²) in [5.41, 5.74) is 1.99. The van der Waals surface area contributed by atoms with E-state index in [1.807, 2.05) is 19.1 Å². The highest BCUT2D eigenvalue weighted by Crippen LogP contribution is 2.34. The van der Waals surface area contributed by atoms with Crippen molar-refractivity contribution in [2.24, 2.45) is 0 Å². The highest BCUT2D eigenvalue weighted by Gasteiger charge is 2.34. The van der Waals surface area contributed by atoms with Gasteiger partial charge in [0.1, 0.15) is 0 Å². The van der Waals surface area contributed by atoms with Crippen molar-refractivity contribution in [1.29, 1.82) is 0 Å². The summed E-state index contributed by atoms with van der Waals surface area (Å²) in [6.45, 7) is 3.44. The summed E-state index contributed by atoms with van der Waals surface area (Å²) < 4.78 is 42.2. The van der Waals surface area contributed by atoms with Gasteiger partial charge in [-0.2, -0.15) is 5.10 Å². The lowest BCUT2D eigenvalue weighted by Gasteiger charge is -2.09. The lowest BCUT2D eigenvalue weighted by Crippen LogP contribution is -2.17. The molecule has 19 heavy (non-hydrogen) atoms. The minimum absolute atomic E-state index is 0.0166. The predicted octanol–water partition coefficient (Wildman–Crippen LogP) is 4.15. The van der Waals surface area contributed by atoms with Crippen LogP contribution in [-0.4, -0.2) is 16.1 Å². The molecule has 1 heterocycles. The molecule has 0 saturated heterocycles. The fourth-order valence-corrected chi connectivity index (χ4v) is 2.15. The molecule has 0 fully saturated rings. The van der Waals surface area contributed by atoms with Gasteiger partial charge in [0.05, 0.1) is 11.4 Å². The quantitative estimate of drug-likeness (QED) is 0.824. The third-order valence-electron chi connectivity index (χ3n) is 2.52. The molecular formula is C12H10BrF3N2O. The zero-order valence-corrected chi connectivity index (χ0v) is 11.7. The van der Waals surface area contributed by atoms with Crippen LogP contribution in [0.25, 0.3) is 5.69 Å². The van der Waals surface area contributed by atoms with E-state index in [0.29, 0.717) is 5.69 Å². The van der Waals surface area contributed by atoms with E-state index in [9.17, 15) is 13.2 Å². The van der Waals surface area contributed by atoms with Gasteiger partial charge in [0.25, 0.3) is 0 Å². The molecule has 0 N–H and O–H groups in total. The number of hydrogen-bond acceptors (Lipinski definition) is 2. The van der Waals surface area contributed by atoms with Gasteiger partial charge in [0, 0.05) is 0 Å². The number of rotatable bonds is 2. The Bertz CT molecular complexity index is 590. The Kier molecular flexibility index (Phi) is 3.58. The zero-order valence-electron chi connectivity index (χ0n) is 10.1. The highest BCUT2D eigenvalue weighted by atomic mass is 79.9. The van der Waals surface area contributed by atoms with Gasteiger partial charge in [-0.05, 0) is 41.9 Å². The molecule has 0 atom stereocenters. The maximum atomic E-state index is 12.3. The normalized spacial score (nSPS) is 11.7. The summed E-state index contributed by atoms with van der Waals surface area (Å²) in [6.07, 6.45) is -4.74. The summed E-state index contributed by atoms with van der Waals surface area (Å²) in [4.78, 5) is 0. The molecule has 0 radical (unpaired) electrons. The molecule has 0 aliphatic carbocycles. The number of ether oxygens (including phenoxy) is 1. The van der Waals surface area contributed by atoms with Crippen molar-refractivity contribution in [3.8, 4) is 11.4 Å². The molecule has 0 bridgehead atoms. The number of aryl methyl sites for hydroxylation is 1. The predicted molar refractivity (Wildman–Crippen MR) is 67.4 cm³/mol. The van der Waals surface area contributed by atoms with Crippen molar-refractivity contribution in [2.75, 3.05) is 0 Å². The second-order valence-corrected chi connectivity index (χ2v) is 4.75. The number of hydrogen-bond donors (Lipinski definition) is 0. The van der Waals surface area contributed by atoms with Gasteiger partial charge >= 0.3 is 6.36 Å². The zero-order chi connectivity index (χ0) is 14.2. The fraction of sp³-hybridized carbons (Fsp3) is 0.250. The fourth-order valence-electron chi connectivity index (χ4n) is 1.62. The van der Waals surface area contributed by atoms with Gasteiger partial charge in [0.15, 0.2) is 10.4 Å². The number of halogens is 4. The third kappa shape index (κ3) is 3.09. The maximum absolute atomic E-state index is 12.3. The first-order valence-electron chi connectivity index (χ1n) is 5.36. The molecule has 2 rings (SSSR count). The van der Waals surface area contributed by atoms with Crippen molar-refractivity contribution in [2.45, 2.75) is 20.2 Å². The molecule has 0 aliphatic heterocycles. The monoisotopic (exact) mass is 334 g/mol. The summed E-state index contributed by atoms with van der Waals surface area (Å²) in [6, 6.07) is 7.27. The average molecular weight is 335 g/mol. The number of aromatic nitrogens is 2. The second kappa shape index (κ2) is 4.88. The SMILES string of the molecule is Cc1ccc(-n2nc(Br)c(OC(F)(F)F)c2C)cc1. The topological polar surface area (TPSA) is 27.1 Å². The molecule has 2 aromatic rings. The third-order valence-corrected chi connectivity index (χ3v) is 3.04. The summed E-state index contributed by atoms with van der Waals surface area (Å²) in [5, 5.41) is 4.00. The Hall–Kier alpha value is -1.50. The van der Waals surface area contributed by atoms with Crippen LogP contribution in [0.1, 0.15) is 11.3 Å². The van der Waals surface area contributed by atoms with Crippen LogP contribution in [-0.2, 0) is 0 Å². The lowest BCUT2D eigenvalue weighted by molar-refractivity contribution is -0.275. The molecule has 7 heteroatoms. The molecule has 1 aromatic heterocycles. The standard InChI is InChI=1S/C12H10BrF3N2O/c1-7-3-5-9(6-4-7)18-8(2)10(11(13)17-18)19-12(14,15)16/h3-6H,1-2H3. The van der Waals surface area contributed by atoms with Crippen LogP contribution in [0.2, 0.25) is 0 Å². The van der Waals surface area contributed by atoms with Crippen molar-refractivity contribution >= 4 is 15.9 Å². The average Bonchev–Trinajstić information content (AvgIpc) is 2.56. The Morgan fingerprint density at radius 2 is 1.74 bits per heavy atom. The molecule has 0 spiro atoms. The minimum Gasteiger partial charge on any atom is -0.401 e. The van der Waals surface area contributed by atoms with Crippen LogP contribution in [0.3, 0.4) is 0 Å². The number of alkyl halides is 3. The van der Waals surface area contributed by atoms with E-state index < -0.39 is 6.36 Å². The molecule has 1 aromatic carbocycles. The largest absolute Gasteiger partial charge is 0.573 e. The Morgan fingerprint density at radius 3 is 2.26 bits per heavy atom. The van der Waals surface area contributed by atoms with Gasteiger partial charge in [0.2, 0.25) is 0 Å². The van der Waals surface area contributed by atoms with E-state index in [1.54, 1.807) is 12.1 Å². The Labute approximate surface area is 116 Å². The van der Waals surface area contributed by atoms with Crippen molar-refractivity contribution in [3.63, 3.8) is 0 Å². The second-order valence-electron chi connectivity index (χ2n) is 4.00. The van der Waals surface area contributed by atoms with Crippen molar-refractivity contribution in [3.05, 3.63) is 40.1 Å². The van der Waals surface area contributed by atoms with Crippen molar-refractivity contribution in [1.82, 2.24) is 9.78 Å². The Balaban J connectivity index is 2.44.